The van der Waals surface area contributed by atoms with Crippen LogP contribution >= 0.6 is 0 Å². The standard InChI is InChI=1S/C20H23NO3S/c1-15-7-11-19(12-8-15)25(23,24)21-13-5-3-4-6-17-9-10-18(16(2)22)14-20(17)21/h7-12,14H,3-6,13H2,1-2H3. The monoisotopic (exact) mass is 357 g/mol. The predicted octanol–water partition coefficient (Wildman–Crippen LogP) is 4.12. The fourth-order valence-electron chi connectivity index (χ4n) is 3.18. The van der Waals surface area contributed by atoms with E-state index in [0.29, 0.717) is 17.8 Å². The molecular weight excluding hydrogens is 334 g/mol. The molecule has 0 atom stereocenters. The molecule has 0 radical (unpaired) electrons. The summed E-state index contributed by atoms with van der Waals surface area (Å²) in [5.74, 6) is -0.0578. The van der Waals surface area contributed by atoms with E-state index in [4.69, 9.17) is 0 Å². The third kappa shape index (κ3) is 3.61. The lowest BCUT2D eigenvalue weighted by molar-refractivity contribution is 0.101. The van der Waals surface area contributed by atoms with Gasteiger partial charge in [0.05, 0.1) is 10.6 Å². The molecule has 0 aliphatic carbocycles. The lowest BCUT2D eigenvalue weighted by Crippen LogP contribution is -2.33. The summed E-state index contributed by atoms with van der Waals surface area (Å²) in [6, 6.07) is 12.3. The van der Waals surface area contributed by atoms with Crippen molar-refractivity contribution in [3.8, 4) is 0 Å². The highest BCUT2D eigenvalue weighted by atomic mass is 32.2. The highest BCUT2D eigenvalue weighted by Gasteiger charge is 2.27. The Labute approximate surface area is 149 Å². The smallest absolute Gasteiger partial charge is 0.264 e. The number of Topliss-reactive ketones (excluding diaryl/α,β-unsaturated/α-hetero) is 1. The van der Waals surface area contributed by atoms with Crippen LogP contribution in [0.15, 0.2) is 47.4 Å². The Morgan fingerprint density at radius 3 is 2.40 bits per heavy atom. The minimum atomic E-state index is -3.65. The van der Waals surface area contributed by atoms with Crippen molar-refractivity contribution in [2.75, 3.05) is 10.8 Å². The van der Waals surface area contributed by atoms with Gasteiger partial charge >= 0.3 is 0 Å². The second-order valence-corrected chi connectivity index (χ2v) is 8.46. The Morgan fingerprint density at radius 2 is 1.72 bits per heavy atom. The van der Waals surface area contributed by atoms with Crippen LogP contribution in [0.25, 0.3) is 0 Å². The first-order valence-electron chi connectivity index (χ1n) is 8.63. The predicted molar refractivity (Wildman–Crippen MR) is 99.7 cm³/mol. The van der Waals surface area contributed by atoms with Crippen LogP contribution in [0.4, 0.5) is 5.69 Å². The van der Waals surface area contributed by atoms with E-state index in [1.807, 2.05) is 25.1 Å². The largest absolute Gasteiger partial charge is 0.295 e. The van der Waals surface area contributed by atoms with Crippen LogP contribution in [0.3, 0.4) is 0 Å². The summed E-state index contributed by atoms with van der Waals surface area (Å²) in [4.78, 5) is 12.1. The van der Waals surface area contributed by atoms with Crippen molar-refractivity contribution in [3.63, 3.8) is 0 Å². The number of anilines is 1. The zero-order valence-corrected chi connectivity index (χ0v) is 15.5. The lowest BCUT2D eigenvalue weighted by Gasteiger charge is -2.29. The molecule has 2 aromatic rings. The highest BCUT2D eigenvalue weighted by molar-refractivity contribution is 7.92. The molecule has 3 rings (SSSR count). The normalized spacial score (nSPS) is 15.2. The van der Waals surface area contributed by atoms with Crippen LogP contribution in [0.2, 0.25) is 0 Å². The number of benzene rings is 2. The third-order valence-corrected chi connectivity index (χ3v) is 6.50. The highest BCUT2D eigenvalue weighted by Crippen LogP contribution is 2.32. The zero-order chi connectivity index (χ0) is 18.0. The van der Waals surface area contributed by atoms with Gasteiger partial charge in [-0.1, -0.05) is 36.2 Å². The van der Waals surface area contributed by atoms with Crippen molar-refractivity contribution in [1.29, 1.82) is 0 Å². The van der Waals surface area contributed by atoms with Gasteiger partial charge in [0.15, 0.2) is 5.78 Å². The maximum absolute atomic E-state index is 13.2. The van der Waals surface area contributed by atoms with Gasteiger partial charge in [-0.25, -0.2) is 8.42 Å². The fraction of sp³-hybridized carbons (Fsp3) is 0.350. The summed E-state index contributed by atoms with van der Waals surface area (Å²) < 4.78 is 28.0. The number of hydrogen-bond acceptors (Lipinski definition) is 3. The molecule has 1 heterocycles. The van der Waals surface area contributed by atoms with Crippen LogP contribution < -0.4 is 4.31 Å². The van der Waals surface area contributed by atoms with Gasteiger partial charge in [-0.2, -0.15) is 0 Å². The molecule has 0 saturated carbocycles. The van der Waals surface area contributed by atoms with E-state index in [1.165, 1.54) is 11.2 Å². The molecule has 0 fully saturated rings. The fourth-order valence-corrected chi connectivity index (χ4v) is 4.71. The number of hydrogen-bond donors (Lipinski definition) is 0. The van der Waals surface area contributed by atoms with E-state index < -0.39 is 10.0 Å². The Hall–Kier alpha value is -2.14. The maximum atomic E-state index is 13.2. The van der Waals surface area contributed by atoms with Crippen molar-refractivity contribution in [2.24, 2.45) is 0 Å². The van der Waals surface area contributed by atoms with Crippen molar-refractivity contribution in [1.82, 2.24) is 0 Å². The van der Waals surface area contributed by atoms with Gasteiger partial charge in [-0.15, -0.1) is 0 Å². The first kappa shape index (κ1) is 17.7. The molecule has 4 nitrogen and oxygen atoms in total. The number of rotatable bonds is 3. The van der Waals surface area contributed by atoms with Crippen molar-refractivity contribution in [2.45, 2.75) is 44.4 Å². The topological polar surface area (TPSA) is 54.5 Å². The average Bonchev–Trinajstić information content (AvgIpc) is 2.55. The first-order chi connectivity index (χ1) is 11.9. The number of carbonyl (C=O) groups is 1. The molecule has 0 unspecified atom stereocenters. The summed E-state index contributed by atoms with van der Waals surface area (Å²) >= 11 is 0. The maximum Gasteiger partial charge on any atom is 0.264 e. The molecule has 5 heteroatoms. The zero-order valence-electron chi connectivity index (χ0n) is 14.7. The Kier molecular flexibility index (Phi) is 4.95. The number of nitrogens with zero attached hydrogens (tertiary/aromatic N) is 1. The van der Waals surface area contributed by atoms with Crippen molar-refractivity contribution < 1.29 is 13.2 Å². The molecule has 0 amide bonds. The van der Waals surface area contributed by atoms with Crippen LogP contribution in [-0.2, 0) is 16.4 Å². The molecule has 0 bridgehead atoms. The van der Waals surface area contributed by atoms with Gasteiger partial charge in [0.25, 0.3) is 10.0 Å². The summed E-state index contributed by atoms with van der Waals surface area (Å²) in [5, 5.41) is 0. The third-order valence-electron chi connectivity index (χ3n) is 4.68. The van der Waals surface area contributed by atoms with Gasteiger partial charge in [0, 0.05) is 12.1 Å². The van der Waals surface area contributed by atoms with E-state index in [-0.39, 0.29) is 10.7 Å². The second-order valence-electron chi connectivity index (χ2n) is 6.60. The molecule has 1 aliphatic rings. The summed E-state index contributed by atoms with van der Waals surface area (Å²) in [5.41, 5.74) is 3.20. The first-order valence-corrected chi connectivity index (χ1v) is 10.1. The van der Waals surface area contributed by atoms with E-state index in [0.717, 1.165) is 36.8 Å². The summed E-state index contributed by atoms with van der Waals surface area (Å²) in [7, 11) is -3.65. The molecule has 25 heavy (non-hydrogen) atoms. The molecular formula is C20H23NO3S. The van der Waals surface area contributed by atoms with Gasteiger partial charge in [0.2, 0.25) is 0 Å². The Balaban J connectivity index is 2.13. The average molecular weight is 357 g/mol. The molecule has 0 aromatic heterocycles. The number of carbonyl (C=O) groups excluding carboxylic acids is 1. The molecule has 0 N–H and O–H groups in total. The van der Waals surface area contributed by atoms with Crippen molar-refractivity contribution >= 4 is 21.5 Å². The molecule has 132 valence electrons. The van der Waals surface area contributed by atoms with Crippen LogP contribution in [0.5, 0.6) is 0 Å². The second kappa shape index (κ2) is 7.00. The van der Waals surface area contributed by atoms with Crippen molar-refractivity contribution in [3.05, 3.63) is 59.2 Å². The molecule has 0 saturated heterocycles. The lowest BCUT2D eigenvalue weighted by atomic mass is 9.99. The summed E-state index contributed by atoms with van der Waals surface area (Å²) in [6.45, 7) is 3.87. The molecule has 0 spiro atoms. The number of fused-ring (bicyclic) bond motifs is 1. The summed E-state index contributed by atoms with van der Waals surface area (Å²) in [6.07, 6.45) is 3.67. The van der Waals surface area contributed by atoms with Gasteiger partial charge in [-0.05, 0) is 56.9 Å². The van der Waals surface area contributed by atoms with E-state index in [1.54, 1.807) is 24.3 Å². The number of ketones is 1. The molecule has 2 aromatic carbocycles. The van der Waals surface area contributed by atoms with E-state index in [9.17, 15) is 13.2 Å². The SMILES string of the molecule is CC(=O)c1ccc2c(c1)N(S(=O)(=O)c1ccc(C)cc1)CCCCC2. The Bertz CT molecular complexity index is 886. The van der Waals surface area contributed by atoms with E-state index >= 15 is 0 Å². The quantitative estimate of drug-likeness (QED) is 0.777. The number of sulfonamides is 1. The Morgan fingerprint density at radius 1 is 1.00 bits per heavy atom. The van der Waals surface area contributed by atoms with Gasteiger partial charge in [0.1, 0.15) is 0 Å². The molecule has 1 aliphatic heterocycles. The van der Waals surface area contributed by atoms with E-state index in [2.05, 4.69) is 0 Å². The van der Waals surface area contributed by atoms with Crippen LogP contribution in [-0.4, -0.2) is 20.7 Å². The van der Waals surface area contributed by atoms with Crippen LogP contribution in [0.1, 0.15) is 47.7 Å². The number of aryl methyl sites for hydroxylation is 2. The van der Waals surface area contributed by atoms with Crippen LogP contribution in [0, 0.1) is 6.92 Å². The minimum absolute atomic E-state index is 0.0578. The van der Waals surface area contributed by atoms with Gasteiger partial charge < -0.3 is 0 Å². The van der Waals surface area contributed by atoms with Gasteiger partial charge in [-0.3, -0.25) is 9.10 Å². The minimum Gasteiger partial charge on any atom is -0.295 e.